The third-order valence-corrected chi connectivity index (χ3v) is 5.13. The number of aryl methyl sites for hydroxylation is 1. The van der Waals surface area contributed by atoms with E-state index in [1.54, 1.807) is 17.3 Å². The molecule has 2 heterocycles. The van der Waals surface area contributed by atoms with Gasteiger partial charge in [-0.05, 0) is 12.5 Å². The number of carbonyl (C=O) groups excluding carboxylic acids is 2. The molecule has 0 saturated carbocycles. The molecule has 1 aliphatic rings. The highest BCUT2D eigenvalue weighted by atomic mass is 32.1. The van der Waals surface area contributed by atoms with Crippen LogP contribution in [0.15, 0.2) is 35.8 Å². The molecule has 1 aromatic carbocycles. The molecule has 120 valence electrons. The normalized spacial score (nSPS) is 18.1. The maximum atomic E-state index is 12.9. The Hall–Kier alpha value is -2.21. The minimum absolute atomic E-state index is 0.00190. The molecule has 23 heavy (non-hydrogen) atoms. The Morgan fingerprint density at radius 1 is 1.22 bits per heavy atom. The zero-order valence-corrected chi connectivity index (χ0v) is 14.0. The smallest absolute Gasteiger partial charge is 0.266 e. The second-order valence-electron chi connectivity index (χ2n) is 5.66. The summed E-state index contributed by atoms with van der Waals surface area (Å²) < 4.78 is 0. The van der Waals surface area contributed by atoms with Gasteiger partial charge in [0.25, 0.3) is 5.91 Å². The first-order valence-electron chi connectivity index (χ1n) is 7.59. The molecule has 1 saturated heterocycles. The van der Waals surface area contributed by atoms with Crippen LogP contribution < -0.4 is 0 Å². The van der Waals surface area contributed by atoms with Crippen molar-refractivity contribution in [2.45, 2.75) is 19.9 Å². The molecule has 0 spiro atoms. The van der Waals surface area contributed by atoms with Gasteiger partial charge in [0, 0.05) is 26.6 Å². The highest BCUT2D eigenvalue weighted by Crippen LogP contribution is 2.28. The molecule has 5 nitrogen and oxygen atoms in total. The van der Waals surface area contributed by atoms with E-state index in [1.807, 2.05) is 42.2 Å². The van der Waals surface area contributed by atoms with E-state index in [2.05, 4.69) is 4.98 Å². The van der Waals surface area contributed by atoms with Crippen LogP contribution in [0.25, 0.3) is 0 Å². The second kappa shape index (κ2) is 6.50. The summed E-state index contributed by atoms with van der Waals surface area (Å²) in [5.74, 6) is 0.0501. The highest BCUT2D eigenvalue weighted by molar-refractivity contribution is 7.11. The Labute approximate surface area is 139 Å². The first-order chi connectivity index (χ1) is 11.1. The maximum absolute atomic E-state index is 12.9. The maximum Gasteiger partial charge on any atom is 0.266 e. The van der Waals surface area contributed by atoms with Crippen molar-refractivity contribution in [3.8, 4) is 0 Å². The fraction of sp³-hybridized carbons (Fsp3) is 0.353. The summed E-state index contributed by atoms with van der Waals surface area (Å²) in [7, 11) is 0. The summed E-state index contributed by atoms with van der Waals surface area (Å²) in [5, 5.41) is 0. The second-order valence-corrected chi connectivity index (χ2v) is 6.51. The van der Waals surface area contributed by atoms with Crippen LogP contribution in [0.4, 0.5) is 0 Å². The van der Waals surface area contributed by atoms with Crippen molar-refractivity contribution in [1.82, 2.24) is 14.8 Å². The number of rotatable bonds is 2. The van der Waals surface area contributed by atoms with Gasteiger partial charge in [-0.2, -0.15) is 0 Å². The zero-order chi connectivity index (χ0) is 16.4. The molecule has 1 atom stereocenters. The first kappa shape index (κ1) is 15.7. The quantitative estimate of drug-likeness (QED) is 0.850. The Kier molecular flexibility index (Phi) is 4.43. The van der Waals surface area contributed by atoms with Crippen LogP contribution in [-0.4, -0.2) is 46.2 Å². The van der Waals surface area contributed by atoms with Crippen LogP contribution in [0.2, 0.25) is 0 Å². The summed E-state index contributed by atoms with van der Waals surface area (Å²) in [4.78, 5) is 33.2. The van der Waals surface area contributed by atoms with Crippen LogP contribution in [0, 0.1) is 6.92 Å². The van der Waals surface area contributed by atoms with Gasteiger partial charge in [0.05, 0.1) is 17.2 Å². The molecule has 1 aromatic heterocycles. The number of thiazole rings is 1. The van der Waals surface area contributed by atoms with E-state index in [0.717, 1.165) is 11.3 Å². The molecule has 0 radical (unpaired) electrons. The summed E-state index contributed by atoms with van der Waals surface area (Å²) in [6.07, 6.45) is 0. The molecule has 1 aliphatic heterocycles. The predicted molar refractivity (Wildman–Crippen MR) is 89.3 cm³/mol. The number of piperazine rings is 1. The van der Waals surface area contributed by atoms with Crippen LogP contribution >= 0.6 is 11.3 Å². The summed E-state index contributed by atoms with van der Waals surface area (Å²) in [5.41, 5.74) is 3.51. The lowest BCUT2D eigenvalue weighted by Crippen LogP contribution is -2.51. The lowest BCUT2D eigenvalue weighted by atomic mass is 10.0. The Bertz CT molecular complexity index is 714. The van der Waals surface area contributed by atoms with E-state index in [4.69, 9.17) is 0 Å². The van der Waals surface area contributed by atoms with Crippen molar-refractivity contribution in [3.63, 3.8) is 0 Å². The number of carbonyl (C=O) groups is 2. The molecule has 0 aliphatic carbocycles. The topological polar surface area (TPSA) is 53.5 Å². The molecule has 6 heteroatoms. The molecule has 0 bridgehead atoms. The minimum Gasteiger partial charge on any atom is -0.339 e. The lowest BCUT2D eigenvalue weighted by molar-refractivity contribution is -0.131. The number of hydrogen-bond acceptors (Lipinski definition) is 4. The van der Waals surface area contributed by atoms with Crippen molar-refractivity contribution in [2.24, 2.45) is 0 Å². The van der Waals surface area contributed by atoms with E-state index >= 15 is 0 Å². The van der Waals surface area contributed by atoms with Crippen LogP contribution in [0.3, 0.4) is 0 Å². The molecule has 2 aromatic rings. The Morgan fingerprint density at radius 2 is 1.96 bits per heavy atom. The van der Waals surface area contributed by atoms with E-state index in [9.17, 15) is 9.59 Å². The number of nitrogens with zero attached hydrogens (tertiary/aromatic N) is 3. The van der Waals surface area contributed by atoms with Gasteiger partial charge in [-0.15, -0.1) is 11.3 Å². The van der Waals surface area contributed by atoms with Gasteiger partial charge in [-0.3, -0.25) is 9.59 Å². The largest absolute Gasteiger partial charge is 0.339 e. The van der Waals surface area contributed by atoms with Gasteiger partial charge < -0.3 is 9.80 Å². The zero-order valence-electron chi connectivity index (χ0n) is 13.2. The fourth-order valence-corrected chi connectivity index (χ4v) is 3.67. The molecule has 0 N–H and O–H groups in total. The van der Waals surface area contributed by atoms with E-state index < -0.39 is 0 Å². The molecule has 1 fully saturated rings. The third-order valence-electron chi connectivity index (χ3n) is 4.21. The van der Waals surface area contributed by atoms with Crippen molar-refractivity contribution in [1.29, 1.82) is 0 Å². The highest BCUT2D eigenvalue weighted by Gasteiger charge is 2.34. The lowest BCUT2D eigenvalue weighted by Gasteiger charge is -2.41. The van der Waals surface area contributed by atoms with Crippen molar-refractivity contribution in [3.05, 3.63) is 52.0 Å². The molecule has 3 rings (SSSR count). The van der Waals surface area contributed by atoms with Gasteiger partial charge >= 0.3 is 0 Å². The number of benzene rings is 1. The summed E-state index contributed by atoms with van der Waals surface area (Å²) in [6.45, 7) is 5.07. The molecule has 2 amide bonds. The SMILES string of the molecule is CC(=O)N1CCN(C(=O)c2scnc2C)C(c2ccccc2)C1. The van der Waals surface area contributed by atoms with E-state index in [0.29, 0.717) is 24.5 Å². The fourth-order valence-electron chi connectivity index (χ4n) is 2.91. The molecular formula is C17H19N3O2S. The van der Waals surface area contributed by atoms with E-state index in [1.165, 1.54) is 11.3 Å². The number of hydrogen-bond donors (Lipinski definition) is 0. The van der Waals surface area contributed by atoms with Crippen molar-refractivity contribution in [2.75, 3.05) is 19.6 Å². The van der Waals surface area contributed by atoms with Gasteiger partial charge in [0.1, 0.15) is 4.88 Å². The summed E-state index contributed by atoms with van der Waals surface area (Å²) >= 11 is 1.37. The Balaban J connectivity index is 1.92. The standard InChI is InChI=1S/C17H19N3O2S/c1-12-16(23-11-18-12)17(22)20-9-8-19(13(2)21)10-15(20)14-6-4-3-5-7-14/h3-7,11,15H,8-10H2,1-2H3. The Morgan fingerprint density at radius 3 is 2.57 bits per heavy atom. The molecular weight excluding hydrogens is 310 g/mol. The predicted octanol–water partition coefficient (Wildman–Crippen LogP) is 2.50. The van der Waals surface area contributed by atoms with Gasteiger partial charge in [0.2, 0.25) is 5.91 Å². The number of amides is 2. The minimum atomic E-state index is -0.122. The van der Waals surface area contributed by atoms with Crippen molar-refractivity contribution >= 4 is 23.2 Å². The van der Waals surface area contributed by atoms with Crippen LogP contribution in [0.5, 0.6) is 0 Å². The van der Waals surface area contributed by atoms with Crippen LogP contribution in [-0.2, 0) is 4.79 Å². The van der Waals surface area contributed by atoms with Crippen molar-refractivity contribution < 1.29 is 9.59 Å². The van der Waals surface area contributed by atoms with Crippen LogP contribution in [0.1, 0.15) is 33.9 Å². The average Bonchev–Trinajstić information content (AvgIpc) is 3.00. The first-order valence-corrected chi connectivity index (χ1v) is 8.47. The summed E-state index contributed by atoms with van der Waals surface area (Å²) in [6, 6.07) is 9.77. The number of aromatic nitrogens is 1. The van der Waals surface area contributed by atoms with Gasteiger partial charge in [-0.1, -0.05) is 30.3 Å². The molecule has 1 unspecified atom stereocenters. The van der Waals surface area contributed by atoms with E-state index in [-0.39, 0.29) is 17.9 Å². The van der Waals surface area contributed by atoms with Gasteiger partial charge in [-0.25, -0.2) is 4.98 Å². The average molecular weight is 329 g/mol. The monoisotopic (exact) mass is 329 g/mol. The van der Waals surface area contributed by atoms with Gasteiger partial charge in [0.15, 0.2) is 0 Å². The third kappa shape index (κ3) is 3.12.